The van der Waals surface area contributed by atoms with Gasteiger partial charge in [-0.25, -0.2) is 0 Å². The van der Waals surface area contributed by atoms with Crippen molar-refractivity contribution in [2.75, 3.05) is 0 Å². The molecule has 22 valence electrons. The van der Waals surface area contributed by atoms with Crippen molar-refractivity contribution in [3.63, 3.8) is 0 Å². The van der Waals surface area contributed by atoms with Crippen LogP contribution < -0.4 is 0 Å². The summed E-state index contributed by atoms with van der Waals surface area (Å²) >= 11 is 2.91. The first-order valence-electron chi connectivity index (χ1n) is 0.626. The van der Waals surface area contributed by atoms with Gasteiger partial charge in [0.25, 0.3) is 0 Å². The SMILES string of the molecule is C=CBr.[Ca+2].[H-].[H-]. The summed E-state index contributed by atoms with van der Waals surface area (Å²) in [4.78, 5) is 1.56. The van der Waals surface area contributed by atoms with Gasteiger partial charge < -0.3 is 2.85 Å². The second-order valence-electron chi connectivity index (χ2n) is 0.154. The zero-order valence-corrected chi connectivity index (χ0v) is 6.16. The molecule has 0 amide bonds. The van der Waals surface area contributed by atoms with Gasteiger partial charge in [-0.15, -0.1) is 0 Å². The van der Waals surface area contributed by atoms with E-state index in [4.69, 9.17) is 0 Å². The third kappa shape index (κ3) is 9.77. The van der Waals surface area contributed by atoms with Crippen LogP contribution in [0.3, 0.4) is 0 Å². The van der Waals surface area contributed by atoms with Crippen LogP contribution in [0.25, 0.3) is 0 Å². The van der Waals surface area contributed by atoms with Gasteiger partial charge >= 0.3 is 37.7 Å². The maximum atomic E-state index is 3.28. The Morgan fingerprint density at radius 2 is 2.00 bits per heavy atom. The van der Waals surface area contributed by atoms with Crippen molar-refractivity contribution < 1.29 is 2.85 Å². The Morgan fingerprint density at radius 1 is 2.00 bits per heavy atom. The Labute approximate surface area is 67.4 Å². The Bertz CT molecular complexity index is 19.0. The maximum absolute atomic E-state index is 3.28. The standard InChI is InChI=1S/C2H3Br.Ca.2H/c1-2-3;;;/h2H,1H2;;;/q;+2;2*-1. The molecular formula is C2H5BrCa. The van der Waals surface area contributed by atoms with Crippen molar-refractivity contribution in [1.29, 1.82) is 0 Å². The minimum atomic E-state index is 0. The number of hydrogen-bond donors (Lipinski definition) is 0. The molecule has 0 heterocycles. The van der Waals surface area contributed by atoms with E-state index in [1.807, 2.05) is 0 Å². The van der Waals surface area contributed by atoms with Gasteiger partial charge in [-0.1, -0.05) is 22.5 Å². The van der Waals surface area contributed by atoms with E-state index in [1.165, 1.54) is 0 Å². The first-order valence-corrected chi connectivity index (χ1v) is 1.54. The topological polar surface area (TPSA) is 0 Å². The molecule has 0 unspecified atom stereocenters. The van der Waals surface area contributed by atoms with Crippen LogP contribution >= 0.6 is 15.9 Å². The van der Waals surface area contributed by atoms with Crippen LogP contribution in [-0.2, 0) is 0 Å². The molecule has 4 heavy (non-hydrogen) atoms. The van der Waals surface area contributed by atoms with Gasteiger partial charge in [0.15, 0.2) is 0 Å². The van der Waals surface area contributed by atoms with Crippen molar-refractivity contribution in [2.24, 2.45) is 0 Å². The van der Waals surface area contributed by atoms with Crippen LogP contribution in [0.15, 0.2) is 11.6 Å². The fraction of sp³-hybridized carbons (Fsp3) is 0. The molecular weight excluding hydrogens is 144 g/mol. The summed E-state index contributed by atoms with van der Waals surface area (Å²) in [5.41, 5.74) is 0. The summed E-state index contributed by atoms with van der Waals surface area (Å²) in [6.45, 7) is 3.28. The molecule has 0 fully saturated rings. The van der Waals surface area contributed by atoms with Gasteiger partial charge in [0.2, 0.25) is 0 Å². The fourth-order valence-corrected chi connectivity index (χ4v) is 0. The van der Waals surface area contributed by atoms with Crippen molar-refractivity contribution in [3.05, 3.63) is 11.6 Å². The molecule has 0 radical (unpaired) electrons. The van der Waals surface area contributed by atoms with E-state index in [0.29, 0.717) is 0 Å². The molecule has 0 bridgehead atoms. The molecule has 0 saturated heterocycles. The van der Waals surface area contributed by atoms with Crippen molar-refractivity contribution in [1.82, 2.24) is 0 Å². The smallest absolute Gasteiger partial charge is 1.00 e. The molecule has 0 N–H and O–H groups in total. The molecule has 0 rings (SSSR count). The van der Waals surface area contributed by atoms with Crippen molar-refractivity contribution in [3.8, 4) is 0 Å². The monoisotopic (exact) mass is 148 g/mol. The van der Waals surface area contributed by atoms with E-state index in [-0.39, 0.29) is 40.6 Å². The summed E-state index contributed by atoms with van der Waals surface area (Å²) in [6, 6.07) is 0. The summed E-state index contributed by atoms with van der Waals surface area (Å²) in [7, 11) is 0. The fourth-order valence-electron chi connectivity index (χ4n) is 0. The Balaban J connectivity index is -0.00000000667. The molecule has 0 atom stereocenters. The van der Waals surface area contributed by atoms with Crippen LogP contribution in [0, 0.1) is 0 Å². The number of halogens is 1. The van der Waals surface area contributed by atoms with Gasteiger partial charge in [0, 0.05) is 0 Å². The van der Waals surface area contributed by atoms with Crippen LogP contribution in [0.1, 0.15) is 2.85 Å². The normalized spacial score (nSPS) is 3.25. The predicted octanol–water partition coefficient (Wildman–Crippen LogP) is 1.37. The molecule has 0 nitrogen and oxygen atoms in total. The summed E-state index contributed by atoms with van der Waals surface area (Å²) in [5.74, 6) is 0. The third-order valence-corrected chi connectivity index (χ3v) is 0. The maximum Gasteiger partial charge on any atom is 2.00 e. The van der Waals surface area contributed by atoms with Crippen LogP contribution in [-0.4, -0.2) is 37.7 Å². The van der Waals surface area contributed by atoms with E-state index >= 15 is 0 Å². The van der Waals surface area contributed by atoms with Gasteiger partial charge in [0.05, 0.1) is 0 Å². The second kappa shape index (κ2) is 8.82. The predicted molar refractivity (Wildman–Crippen MR) is 27.1 cm³/mol. The average Bonchev–Trinajstić information content (AvgIpc) is 0.918. The Hall–Kier alpha value is 1.48. The molecule has 0 aromatic rings. The molecule has 0 aromatic heterocycles. The molecule has 0 aromatic carbocycles. The largest absolute Gasteiger partial charge is 2.00 e. The molecule has 0 aliphatic heterocycles. The zero-order valence-electron chi connectivity index (χ0n) is 4.37. The van der Waals surface area contributed by atoms with Crippen LogP contribution in [0.4, 0.5) is 0 Å². The Morgan fingerprint density at radius 3 is 2.00 bits per heavy atom. The van der Waals surface area contributed by atoms with Crippen molar-refractivity contribution >= 4 is 53.7 Å². The summed E-state index contributed by atoms with van der Waals surface area (Å²) in [6.07, 6.45) is 0. The van der Waals surface area contributed by atoms with Crippen LogP contribution in [0.2, 0.25) is 0 Å². The quantitative estimate of drug-likeness (QED) is 0.456. The molecule has 0 spiro atoms. The van der Waals surface area contributed by atoms with E-state index in [9.17, 15) is 0 Å². The molecule has 0 aliphatic carbocycles. The number of hydrogen-bond acceptors (Lipinski definition) is 0. The van der Waals surface area contributed by atoms with Gasteiger partial charge in [-0.2, -0.15) is 0 Å². The first-order chi connectivity index (χ1) is 1.41. The molecule has 2 heteroatoms. The van der Waals surface area contributed by atoms with Crippen molar-refractivity contribution in [2.45, 2.75) is 0 Å². The first kappa shape index (κ1) is 9.08. The zero-order chi connectivity index (χ0) is 2.71. The number of rotatable bonds is 0. The van der Waals surface area contributed by atoms with E-state index in [0.717, 1.165) is 0 Å². The van der Waals surface area contributed by atoms with Gasteiger partial charge in [-0.3, -0.25) is 0 Å². The molecule has 0 aliphatic rings. The average molecular weight is 149 g/mol. The third-order valence-electron chi connectivity index (χ3n) is 0. The van der Waals surface area contributed by atoms with E-state index in [2.05, 4.69) is 22.5 Å². The molecule has 0 saturated carbocycles. The Kier molecular flexibility index (Phi) is 20.0. The minimum Gasteiger partial charge on any atom is -1.00 e. The van der Waals surface area contributed by atoms with Gasteiger partial charge in [-0.05, 0) is 4.99 Å². The summed E-state index contributed by atoms with van der Waals surface area (Å²) in [5, 5.41) is 0. The van der Waals surface area contributed by atoms with E-state index < -0.39 is 0 Å². The summed E-state index contributed by atoms with van der Waals surface area (Å²) < 4.78 is 0. The minimum absolute atomic E-state index is 0. The van der Waals surface area contributed by atoms with Gasteiger partial charge in [0.1, 0.15) is 0 Å². The second-order valence-corrected chi connectivity index (χ2v) is 0.802. The van der Waals surface area contributed by atoms with Crippen LogP contribution in [0.5, 0.6) is 0 Å². The van der Waals surface area contributed by atoms with E-state index in [1.54, 1.807) is 4.99 Å².